The van der Waals surface area contributed by atoms with Gasteiger partial charge in [0.05, 0.1) is 3.79 Å². The van der Waals surface area contributed by atoms with Crippen molar-refractivity contribution in [3.8, 4) is 0 Å². The molecule has 0 saturated heterocycles. The fourth-order valence-corrected chi connectivity index (χ4v) is 2.79. The highest BCUT2D eigenvalue weighted by atomic mass is 79.9. The van der Waals surface area contributed by atoms with Crippen LogP contribution in [-0.2, 0) is 6.54 Å². The van der Waals surface area contributed by atoms with Gasteiger partial charge < -0.3 is 5.32 Å². The van der Waals surface area contributed by atoms with Crippen molar-refractivity contribution < 1.29 is 0 Å². The van der Waals surface area contributed by atoms with Crippen molar-refractivity contribution in [1.82, 2.24) is 5.32 Å². The summed E-state index contributed by atoms with van der Waals surface area (Å²) in [5, 5.41) is 5.76. The van der Waals surface area contributed by atoms with E-state index in [1.54, 1.807) is 11.3 Å². The third kappa shape index (κ3) is 5.14. The van der Waals surface area contributed by atoms with E-state index < -0.39 is 0 Å². The number of hydrogen-bond acceptors (Lipinski definition) is 2. The van der Waals surface area contributed by atoms with Gasteiger partial charge in [-0.2, -0.15) is 0 Å². The molecule has 0 aliphatic rings. The summed E-state index contributed by atoms with van der Waals surface area (Å²) >= 11 is 5.23. The summed E-state index contributed by atoms with van der Waals surface area (Å²) in [6.07, 6.45) is 2.54. The summed E-state index contributed by atoms with van der Waals surface area (Å²) in [6.45, 7) is 7.83. The van der Waals surface area contributed by atoms with Crippen LogP contribution in [0.25, 0.3) is 0 Å². The van der Waals surface area contributed by atoms with Crippen molar-refractivity contribution in [3.05, 3.63) is 20.8 Å². The molecule has 0 bridgehead atoms. The minimum absolute atomic E-state index is 0.610. The highest BCUT2D eigenvalue weighted by Gasteiger charge is 2.06. The maximum atomic E-state index is 3.56. The standard InChI is InChI=1S/C12H20BrNS/c1-4-9(2)5-10(3)14-7-11-6-12(13)15-8-11/h6,8-10,14H,4-5,7H2,1-3H3. The second-order valence-corrected chi connectivity index (χ2v) is 6.58. The Bertz CT molecular complexity index is 285. The Morgan fingerprint density at radius 2 is 2.20 bits per heavy atom. The molecule has 0 fully saturated rings. The lowest BCUT2D eigenvalue weighted by molar-refractivity contribution is 0.412. The molecule has 0 aliphatic carbocycles. The van der Waals surface area contributed by atoms with Gasteiger partial charge in [-0.3, -0.25) is 0 Å². The molecule has 2 atom stereocenters. The molecule has 1 N–H and O–H groups in total. The normalized spacial score (nSPS) is 15.2. The molecule has 0 saturated carbocycles. The van der Waals surface area contributed by atoms with E-state index in [1.807, 2.05) is 0 Å². The number of nitrogens with one attached hydrogen (secondary N) is 1. The second kappa shape index (κ2) is 6.66. The molecule has 2 unspecified atom stereocenters. The summed E-state index contributed by atoms with van der Waals surface area (Å²) in [7, 11) is 0. The SMILES string of the molecule is CCC(C)CC(C)NCc1csc(Br)c1. The van der Waals surface area contributed by atoms with Crippen LogP contribution in [0, 0.1) is 5.92 Å². The minimum Gasteiger partial charge on any atom is -0.310 e. The van der Waals surface area contributed by atoms with Crippen LogP contribution in [0.3, 0.4) is 0 Å². The lowest BCUT2D eigenvalue weighted by Gasteiger charge is -2.17. The van der Waals surface area contributed by atoms with Gasteiger partial charge in [0.25, 0.3) is 0 Å². The molecule has 3 heteroatoms. The lowest BCUT2D eigenvalue weighted by Crippen LogP contribution is -2.27. The van der Waals surface area contributed by atoms with E-state index in [4.69, 9.17) is 0 Å². The van der Waals surface area contributed by atoms with Crippen LogP contribution in [0.15, 0.2) is 15.2 Å². The summed E-state index contributed by atoms with van der Waals surface area (Å²) in [6, 6.07) is 2.80. The van der Waals surface area contributed by atoms with Gasteiger partial charge >= 0.3 is 0 Å². The maximum Gasteiger partial charge on any atom is 0.0701 e. The van der Waals surface area contributed by atoms with Crippen molar-refractivity contribution in [1.29, 1.82) is 0 Å². The Morgan fingerprint density at radius 3 is 2.73 bits per heavy atom. The van der Waals surface area contributed by atoms with Gasteiger partial charge in [-0.15, -0.1) is 11.3 Å². The maximum absolute atomic E-state index is 3.56. The largest absolute Gasteiger partial charge is 0.310 e. The highest BCUT2D eigenvalue weighted by Crippen LogP contribution is 2.20. The molecule has 0 spiro atoms. The smallest absolute Gasteiger partial charge is 0.0701 e. The number of rotatable bonds is 6. The first-order valence-corrected chi connectivity index (χ1v) is 7.25. The Hall–Kier alpha value is 0.140. The van der Waals surface area contributed by atoms with Crippen molar-refractivity contribution >= 4 is 27.3 Å². The molecule has 0 aromatic carbocycles. The van der Waals surface area contributed by atoms with Crippen LogP contribution in [0.1, 0.15) is 39.2 Å². The van der Waals surface area contributed by atoms with Gasteiger partial charge in [-0.25, -0.2) is 0 Å². The fraction of sp³-hybridized carbons (Fsp3) is 0.667. The van der Waals surface area contributed by atoms with Crippen molar-refractivity contribution in [2.45, 2.75) is 46.2 Å². The summed E-state index contributed by atoms with van der Waals surface area (Å²) in [4.78, 5) is 0. The molecule has 1 rings (SSSR count). The summed E-state index contributed by atoms with van der Waals surface area (Å²) < 4.78 is 1.22. The topological polar surface area (TPSA) is 12.0 Å². The van der Waals surface area contributed by atoms with Crippen molar-refractivity contribution in [2.75, 3.05) is 0 Å². The molecular formula is C12H20BrNS. The number of thiophene rings is 1. The van der Waals surface area contributed by atoms with Gasteiger partial charge in [0.1, 0.15) is 0 Å². The van der Waals surface area contributed by atoms with E-state index >= 15 is 0 Å². The Morgan fingerprint density at radius 1 is 1.47 bits per heavy atom. The van der Waals surface area contributed by atoms with Crippen molar-refractivity contribution in [3.63, 3.8) is 0 Å². The van der Waals surface area contributed by atoms with Crippen LogP contribution in [0.5, 0.6) is 0 Å². The highest BCUT2D eigenvalue weighted by molar-refractivity contribution is 9.11. The van der Waals surface area contributed by atoms with Gasteiger partial charge in [0.15, 0.2) is 0 Å². The van der Waals surface area contributed by atoms with Crippen LogP contribution < -0.4 is 5.32 Å². The molecular weight excluding hydrogens is 270 g/mol. The van der Waals surface area contributed by atoms with Gasteiger partial charge in [-0.1, -0.05) is 20.3 Å². The van der Waals surface area contributed by atoms with E-state index in [-0.39, 0.29) is 0 Å². The number of hydrogen-bond donors (Lipinski definition) is 1. The molecule has 0 radical (unpaired) electrons. The predicted octanol–water partition coefficient (Wildman–Crippen LogP) is 4.42. The Kier molecular flexibility index (Phi) is 5.87. The lowest BCUT2D eigenvalue weighted by atomic mass is 10.0. The summed E-state index contributed by atoms with van der Waals surface area (Å²) in [5.74, 6) is 0.821. The number of halogens is 1. The molecule has 0 amide bonds. The predicted molar refractivity (Wildman–Crippen MR) is 72.4 cm³/mol. The van der Waals surface area contributed by atoms with Crippen LogP contribution >= 0.6 is 27.3 Å². The van der Waals surface area contributed by atoms with Crippen LogP contribution in [-0.4, -0.2) is 6.04 Å². The molecule has 1 heterocycles. The molecule has 1 aromatic rings. The van der Waals surface area contributed by atoms with Crippen LogP contribution in [0.4, 0.5) is 0 Å². The van der Waals surface area contributed by atoms with E-state index in [0.717, 1.165) is 12.5 Å². The third-order valence-corrected chi connectivity index (χ3v) is 4.28. The molecule has 86 valence electrons. The van der Waals surface area contributed by atoms with Crippen LogP contribution in [0.2, 0.25) is 0 Å². The minimum atomic E-state index is 0.610. The average molecular weight is 290 g/mol. The van der Waals surface area contributed by atoms with Crippen molar-refractivity contribution in [2.24, 2.45) is 5.92 Å². The molecule has 1 nitrogen and oxygen atoms in total. The molecule has 1 aromatic heterocycles. The zero-order valence-electron chi connectivity index (χ0n) is 9.72. The van der Waals surface area contributed by atoms with E-state index in [9.17, 15) is 0 Å². The zero-order valence-corrected chi connectivity index (χ0v) is 12.1. The Balaban J connectivity index is 2.25. The average Bonchev–Trinajstić information content (AvgIpc) is 2.61. The first kappa shape index (κ1) is 13.2. The Labute approximate surface area is 105 Å². The third-order valence-electron chi connectivity index (χ3n) is 2.73. The quantitative estimate of drug-likeness (QED) is 0.817. The van der Waals surface area contributed by atoms with Gasteiger partial charge in [0.2, 0.25) is 0 Å². The van der Waals surface area contributed by atoms with E-state index in [1.165, 1.54) is 22.2 Å². The van der Waals surface area contributed by atoms with E-state index in [0.29, 0.717) is 6.04 Å². The fourth-order valence-electron chi connectivity index (χ4n) is 1.58. The second-order valence-electron chi connectivity index (χ2n) is 4.29. The van der Waals surface area contributed by atoms with E-state index in [2.05, 4.69) is 53.5 Å². The molecule has 0 aliphatic heterocycles. The first-order valence-electron chi connectivity index (χ1n) is 5.58. The monoisotopic (exact) mass is 289 g/mol. The van der Waals surface area contributed by atoms with Gasteiger partial charge in [-0.05, 0) is 52.2 Å². The zero-order chi connectivity index (χ0) is 11.3. The first-order chi connectivity index (χ1) is 7.11. The van der Waals surface area contributed by atoms with Gasteiger partial charge in [0, 0.05) is 12.6 Å². The molecule has 15 heavy (non-hydrogen) atoms. The summed E-state index contributed by atoms with van der Waals surface area (Å²) in [5.41, 5.74) is 1.38.